The maximum atomic E-state index is 12.2. The third kappa shape index (κ3) is 5.56. The number of carbonyl (C=O) groups is 2. The molecule has 0 aromatic heterocycles. The van der Waals surface area contributed by atoms with E-state index in [0.29, 0.717) is 11.6 Å². The van der Waals surface area contributed by atoms with Gasteiger partial charge in [0.1, 0.15) is 0 Å². The van der Waals surface area contributed by atoms with Crippen molar-refractivity contribution in [3.63, 3.8) is 0 Å². The van der Waals surface area contributed by atoms with Crippen LogP contribution < -0.4 is 5.32 Å². The Bertz CT molecular complexity index is 737. The first-order valence-electron chi connectivity index (χ1n) is 7.49. The first-order chi connectivity index (χ1) is 11.4. The molecule has 4 nitrogen and oxygen atoms in total. The van der Waals surface area contributed by atoms with Crippen molar-refractivity contribution in [1.82, 2.24) is 4.90 Å². The number of hydrogen-bond donors (Lipinski definition) is 1. The van der Waals surface area contributed by atoms with Gasteiger partial charge in [-0.05, 0) is 41.5 Å². The number of halogens is 1. The molecule has 5 heteroatoms. The Morgan fingerprint density at radius 2 is 1.71 bits per heavy atom. The van der Waals surface area contributed by atoms with Gasteiger partial charge < -0.3 is 10.2 Å². The smallest absolute Gasteiger partial charge is 0.246 e. The van der Waals surface area contributed by atoms with Crippen molar-refractivity contribution < 1.29 is 9.59 Å². The predicted molar refractivity (Wildman–Crippen MR) is 97.7 cm³/mol. The predicted octanol–water partition coefficient (Wildman–Crippen LogP) is 3.97. The summed E-state index contributed by atoms with van der Waals surface area (Å²) in [6, 6.07) is 14.7. The maximum Gasteiger partial charge on any atom is 0.246 e. The molecule has 0 fully saturated rings. The zero-order valence-corrected chi connectivity index (χ0v) is 14.4. The van der Waals surface area contributed by atoms with Gasteiger partial charge in [-0.1, -0.05) is 35.9 Å². The maximum absolute atomic E-state index is 12.2. The van der Waals surface area contributed by atoms with Gasteiger partial charge in [-0.25, -0.2) is 0 Å². The van der Waals surface area contributed by atoms with Gasteiger partial charge in [0.05, 0.1) is 0 Å². The molecule has 0 aliphatic rings. The lowest BCUT2D eigenvalue weighted by atomic mass is 10.2. The molecule has 0 aliphatic carbocycles. The van der Waals surface area contributed by atoms with Gasteiger partial charge in [-0.3, -0.25) is 9.59 Å². The van der Waals surface area contributed by atoms with Crippen molar-refractivity contribution in [1.29, 1.82) is 0 Å². The number of benzene rings is 2. The molecule has 1 N–H and O–H groups in total. The molecule has 0 bridgehead atoms. The Hall–Kier alpha value is -2.59. The highest BCUT2D eigenvalue weighted by Crippen LogP contribution is 2.12. The van der Waals surface area contributed by atoms with Crippen molar-refractivity contribution in [2.75, 3.05) is 12.4 Å². The minimum absolute atomic E-state index is 0.0871. The molecule has 0 heterocycles. The number of anilines is 1. The molecule has 0 radical (unpaired) electrons. The molecule has 2 rings (SSSR count). The van der Waals surface area contributed by atoms with E-state index in [1.54, 1.807) is 30.2 Å². The number of nitrogens with one attached hydrogen (secondary N) is 1. The summed E-state index contributed by atoms with van der Waals surface area (Å²) in [7, 11) is 1.75. The van der Waals surface area contributed by atoms with Gasteiger partial charge in [0.2, 0.25) is 11.8 Å². The molecular weight excluding hydrogens is 324 g/mol. The van der Waals surface area contributed by atoms with E-state index in [9.17, 15) is 9.59 Å². The minimum atomic E-state index is -0.114. The standard InChI is InChI=1S/C19H19ClN2O2/c1-14(23)21-18-10-5-15(6-11-18)7-12-19(24)22(2)13-16-3-8-17(20)9-4-16/h3-12H,13H2,1-2H3,(H,21,23)/b12-7+. The highest BCUT2D eigenvalue weighted by molar-refractivity contribution is 6.30. The number of hydrogen-bond acceptors (Lipinski definition) is 2. The summed E-state index contributed by atoms with van der Waals surface area (Å²) in [6.07, 6.45) is 3.28. The zero-order valence-electron chi connectivity index (χ0n) is 13.6. The normalized spacial score (nSPS) is 10.6. The van der Waals surface area contributed by atoms with E-state index >= 15 is 0 Å². The molecule has 0 saturated carbocycles. The fraction of sp³-hybridized carbons (Fsp3) is 0.158. The van der Waals surface area contributed by atoms with Crippen LogP contribution in [0.4, 0.5) is 5.69 Å². The SMILES string of the molecule is CC(=O)Nc1ccc(/C=C/C(=O)N(C)Cc2ccc(Cl)cc2)cc1. The van der Waals surface area contributed by atoms with Crippen LogP contribution in [0.5, 0.6) is 0 Å². The first-order valence-corrected chi connectivity index (χ1v) is 7.87. The molecule has 2 aromatic carbocycles. The fourth-order valence-electron chi connectivity index (χ4n) is 2.12. The van der Waals surface area contributed by atoms with E-state index in [2.05, 4.69) is 5.32 Å². The van der Waals surface area contributed by atoms with Crippen LogP contribution in [-0.2, 0) is 16.1 Å². The minimum Gasteiger partial charge on any atom is -0.338 e. The fourth-order valence-corrected chi connectivity index (χ4v) is 2.24. The molecular formula is C19H19ClN2O2. The van der Waals surface area contributed by atoms with Crippen molar-refractivity contribution in [3.8, 4) is 0 Å². The summed E-state index contributed by atoms with van der Waals surface area (Å²) in [5.74, 6) is -0.201. The first kappa shape index (κ1) is 17.8. The van der Waals surface area contributed by atoms with E-state index in [4.69, 9.17) is 11.6 Å². The topological polar surface area (TPSA) is 49.4 Å². The average Bonchev–Trinajstić information content (AvgIpc) is 2.55. The zero-order chi connectivity index (χ0) is 17.5. The molecule has 0 aliphatic heterocycles. The van der Waals surface area contributed by atoms with Gasteiger partial charge in [0, 0.05) is 37.3 Å². The molecule has 24 heavy (non-hydrogen) atoms. The van der Waals surface area contributed by atoms with E-state index in [0.717, 1.165) is 16.8 Å². The monoisotopic (exact) mass is 342 g/mol. The summed E-state index contributed by atoms with van der Waals surface area (Å²) in [5.41, 5.74) is 2.63. The van der Waals surface area contributed by atoms with Gasteiger partial charge in [0.25, 0.3) is 0 Å². The summed E-state index contributed by atoms with van der Waals surface area (Å²) in [6.45, 7) is 1.98. The third-order valence-corrected chi connectivity index (χ3v) is 3.61. The second kappa shape index (κ2) is 8.31. The number of carbonyl (C=O) groups excluding carboxylic acids is 2. The van der Waals surface area contributed by atoms with Crippen LogP contribution in [0, 0.1) is 0 Å². The number of likely N-dealkylation sites (N-methyl/N-ethyl adjacent to an activating group) is 1. The molecule has 124 valence electrons. The van der Waals surface area contributed by atoms with Crippen LogP contribution in [0.15, 0.2) is 54.6 Å². The summed E-state index contributed by atoms with van der Waals surface area (Å²) in [4.78, 5) is 24.8. The molecule has 0 unspecified atom stereocenters. The highest BCUT2D eigenvalue weighted by Gasteiger charge is 2.05. The van der Waals surface area contributed by atoms with Crippen LogP contribution >= 0.6 is 11.6 Å². The van der Waals surface area contributed by atoms with Crippen LogP contribution in [0.3, 0.4) is 0 Å². The van der Waals surface area contributed by atoms with Crippen LogP contribution in [-0.4, -0.2) is 23.8 Å². The van der Waals surface area contributed by atoms with Crippen molar-refractivity contribution in [2.45, 2.75) is 13.5 Å². The highest BCUT2D eigenvalue weighted by atomic mass is 35.5. The van der Waals surface area contributed by atoms with Crippen LogP contribution in [0.25, 0.3) is 6.08 Å². The molecule has 2 amide bonds. The Balaban J connectivity index is 1.93. The molecule has 0 saturated heterocycles. The van der Waals surface area contributed by atoms with E-state index in [1.165, 1.54) is 13.0 Å². The quantitative estimate of drug-likeness (QED) is 0.836. The Morgan fingerprint density at radius 1 is 1.08 bits per heavy atom. The largest absolute Gasteiger partial charge is 0.338 e. The van der Waals surface area contributed by atoms with E-state index in [1.807, 2.05) is 36.4 Å². The Kier molecular flexibility index (Phi) is 6.15. The second-order valence-electron chi connectivity index (χ2n) is 5.46. The number of nitrogens with zero attached hydrogens (tertiary/aromatic N) is 1. The summed E-state index contributed by atoms with van der Waals surface area (Å²) < 4.78 is 0. The summed E-state index contributed by atoms with van der Waals surface area (Å²) >= 11 is 5.85. The molecule has 2 aromatic rings. The lowest BCUT2D eigenvalue weighted by molar-refractivity contribution is -0.125. The van der Waals surface area contributed by atoms with Gasteiger partial charge in [-0.15, -0.1) is 0 Å². The van der Waals surface area contributed by atoms with Gasteiger partial charge in [0.15, 0.2) is 0 Å². The van der Waals surface area contributed by atoms with Crippen molar-refractivity contribution in [3.05, 3.63) is 70.8 Å². The summed E-state index contributed by atoms with van der Waals surface area (Å²) in [5, 5.41) is 3.37. The Labute approximate surface area is 146 Å². The third-order valence-electron chi connectivity index (χ3n) is 3.36. The molecule has 0 spiro atoms. The lowest BCUT2D eigenvalue weighted by Crippen LogP contribution is -2.24. The van der Waals surface area contributed by atoms with Crippen molar-refractivity contribution >= 4 is 35.2 Å². The second-order valence-corrected chi connectivity index (χ2v) is 5.89. The van der Waals surface area contributed by atoms with Crippen LogP contribution in [0.2, 0.25) is 5.02 Å². The van der Waals surface area contributed by atoms with E-state index < -0.39 is 0 Å². The number of rotatable bonds is 5. The molecule has 0 atom stereocenters. The van der Waals surface area contributed by atoms with Crippen LogP contribution in [0.1, 0.15) is 18.1 Å². The average molecular weight is 343 g/mol. The van der Waals surface area contributed by atoms with Crippen molar-refractivity contribution in [2.24, 2.45) is 0 Å². The van der Waals surface area contributed by atoms with Gasteiger partial charge >= 0.3 is 0 Å². The lowest BCUT2D eigenvalue weighted by Gasteiger charge is -2.15. The van der Waals surface area contributed by atoms with Gasteiger partial charge in [-0.2, -0.15) is 0 Å². The number of amides is 2. The van der Waals surface area contributed by atoms with E-state index in [-0.39, 0.29) is 11.8 Å². The Morgan fingerprint density at radius 3 is 2.29 bits per heavy atom.